The van der Waals surface area contributed by atoms with Gasteiger partial charge >= 0.3 is 0 Å². The Kier molecular flexibility index (Phi) is 6.43. The average Bonchev–Trinajstić information content (AvgIpc) is 2.41. The van der Waals surface area contributed by atoms with E-state index >= 15 is 0 Å². The molecule has 0 fully saturated rings. The van der Waals surface area contributed by atoms with Crippen molar-refractivity contribution in [2.75, 3.05) is 20.8 Å². The molecule has 4 heteroatoms. The van der Waals surface area contributed by atoms with E-state index in [4.69, 9.17) is 9.47 Å². The van der Waals surface area contributed by atoms with Crippen molar-refractivity contribution in [1.82, 2.24) is 5.32 Å². The van der Waals surface area contributed by atoms with Crippen LogP contribution in [0, 0.1) is 5.82 Å². The summed E-state index contributed by atoms with van der Waals surface area (Å²) in [6.45, 7) is 6.98. The predicted octanol–water partition coefficient (Wildman–Crippen LogP) is 3.17. The van der Waals surface area contributed by atoms with Gasteiger partial charge in [-0.2, -0.15) is 0 Å². The molecule has 0 spiro atoms. The van der Waals surface area contributed by atoms with Crippen LogP contribution in [0.25, 0.3) is 0 Å². The molecule has 3 nitrogen and oxygen atoms in total. The summed E-state index contributed by atoms with van der Waals surface area (Å²) in [5.74, 6) is 0.0249. The van der Waals surface area contributed by atoms with E-state index < -0.39 is 0 Å². The molecule has 1 N–H and O–H groups in total. The molecular formula is C16H26FNO2. The Hall–Kier alpha value is -1.13. The van der Waals surface area contributed by atoms with Crippen molar-refractivity contribution in [3.05, 3.63) is 29.6 Å². The van der Waals surface area contributed by atoms with Gasteiger partial charge in [0.2, 0.25) is 0 Å². The zero-order chi connectivity index (χ0) is 15.2. The third-order valence-corrected chi connectivity index (χ3v) is 3.51. The van der Waals surface area contributed by atoms with Gasteiger partial charge in [-0.05, 0) is 44.9 Å². The second-order valence-corrected chi connectivity index (χ2v) is 5.56. The Bertz CT molecular complexity index is 421. The lowest BCUT2D eigenvalue weighted by Gasteiger charge is -2.29. The summed E-state index contributed by atoms with van der Waals surface area (Å²) in [6.07, 6.45) is 1.43. The van der Waals surface area contributed by atoms with Gasteiger partial charge in [-0.15, -0.1) is 0 Å². The zero-order valence-corrected chi connectivity index (χ0v) is 13.1. The van der Waals surface area contributed by atoms with Crippen LogP contribution in [0.1, 0.15) is 32.8 Å². The highest BCUT2D eigenvalue weighted by Gasteiger charge is 2.23. The number of methoxy groups -OCH3 is 2. The molecule has 1 atom stereocenters. The second-order valence-electron chi connectivity index (χ2n) is 5.56. The number of hydrogen-bond acceptors (Lipinski definition) is 3. The van der Waals surface area contributed by atoms with E-state index in [0.29, 0.717) is 17.7 Å². The largest absolute Gasteiger partial charge is 0.494 e. The smallest absolute Gasteiger partial charge is 0.168 e. The first-order chi connectivity index (χ1) is 9.43. The van der Waals surface area contributed by atoms with Crippen molar-refractivity contribution in [2.45, 2.75) is 45.3 Å². The van der Waals surface area contributed by atoms with E-state index in [1.54, 1.807) is 13.2 Å². The van der Waals surface area contributed by atoms with Crippen LogP contribution in [0.15, 0.2) is 18.2 Å². The van der Waals surface area contributed by atoms with Gasteiger partial charge in [0.25, 0.3) is 0 Å². The van der Waals surface area contributed by atoms with Crippen LogP contribution >= 0.6 is 0 Å². The molecule has 1 unspecified atom stereocenters. The minimum Gasteiger partial charge on any atom is -0.494 e. The van der Waals surface area contributed by atoms with Gasteiger partial charge in [-0.25, -0.2) is 4.39 Å². The lowest BCUT2D eigenvalue weighted by Crippen LogP contribution is -2.39. The van der Waals surface area contributed by atoms with Gasteiger partial charge in [-0.3, -0.25) is 0 Å². The molecule has 0 aliphatic heterocycles. The third kappa shape index (κ3) is 4.76. The second kappa shape index (κ2) is 7.60. The number of hydrogen-bond donors (Lipinski definition) is 1. The third-order valence-electron chi connectivity index (χ3n) is 3.51. The van der Waals surface area contributed by atoms with Gasteiger partial charge < -0.3 is 14.8 Å². The number of ether oxygens (including phenoxy) is 2. The van der Waals surface area contributed by atoms with Crippen molar-refractivity contribution in [3.63, 3.8) is 0 Å². The molecule has 0 aliphatic carbocycles. The number of nitrogens with one attached hydrogen (secondary N) is 1. The van der Waals surface area contributed by atoms with Crippen LogP contribution < -0.4 is 10.1 Å². The number of benzene rings is 1. The normalized spacial score (nSPS) is 13.3. The van der Waals surface area contributed by atoms with Crippen LogP contribution in [0.5, 0.6) is 5.75 Å². The molecule has 20 heavy (non-hydrogen) atoms. The van der Waals surface area contributed by atoms with E-state index in [-0.39, 0.29) is 17.5 Å². The summed E-state index contributed by atoms with van der Waals surface area (Å²) in [7, 11) is 3.19. The molecule has 0 aromatic heterocycles. The highest BCUT2D eigenvalue weighted by atomic mass is 19.1. The molecule has 1 aromatic rings. The van der Waals surface area contributed by atoms with Crippen molar-refractivity contribution in [3.8, 4) is 5.75 Å². The summed E-state index contributed by atoms with van der Waals surface area (Å²) in [5, 5.41) is 3.40. The average molecular weight is 283 g/mol. The molecular weight excluding hydrogens is 257 g/mol. The fraction of sp³-hybridized carbons (Fsp3) is 0.625. The van der Waals surface area contributed by atoms with Gasteiger partial charge in [0, 0.05) is 13.2 Å². The summed E-state index contributed by atoms with van der Waals surface area (Å²) in [5.41, 5.74) is 0.435. The highest BCUT2D eigenvalue weighted by Crippen LogP contribution is 2.23. The minimum absolute atomic E-state index is 0.163. The SMILES string of the molecule is CCNC(Cc1cccc(OC)c1F)CC(C)(C)OC. The molecule has 0 bridgehead atoms. The zero-order valence-electron chi connectivity index (χ0n) is 13.1. The van der Waals surface area contributed by atoms with Crippen molar-refractivity contribution in [1.29, 1.82) is 0 Å². The van der Waals surface area contributed by atoms with Gasteiger partial charge in [0.05, 0.1) is 12.7 Å². The quantitative estimate of drug-likeness (QED) is 0.795. The summed E-state index contributed by atoms with van der Waals surface area (Å²) in [4.78, 5) is 0. The highest BCUT2D eigenvalue weighted by molar-refractivity contribution is 5.31. The van der Waals surface area contributed by atoms with Crippen LogP contribution in [-0.2, 0) is 11.2 Å². The number of rotatable bonds is 8. The van der Waals surface area contributed by atoms with E-state index in [1.807, 2.05) is 26.0 Å². The summed E-state index contributed by atoms with van der Waals surface area (Å²) >= 11 is 0. The predicted molar refractivity (Wildman–Crippen MR) is 79.8 cm³/mol. The van der Waals surface area contributed by atoms with Crippen LogP contribution in [-0.4, -0.2) is 32.4 Å². The Morgan fingerprint density at radius 2 is 2.00 bits per heavy atom. The Morgan fingerprint density at radius 1 is 1.30 bits per heavy atom. The van der Waals surface area contributed by atoms with Crippen molar-refractivity contribution >= 4 is 0 Å². The van der Waals surface area contributed by atoms with Crippen molar-refractivity contribution < 1.29 is 13.9 Å². The molecule has 1 aromatic carbocycles. The van der Waals surface area contributed by atoms with Crippen LogP contribution in [0.3, 0.4) is 0 Å². The van der Waals surface area contributed by atoms with E-state index in [1.165, 1.54) is 7.11 Å². The van der Waals surface area contributed by atoms with Crippen LogP contribution in [0.2, 0.25) is 0 Å². The minimum atomic E-state index is -0.270. The Labute approximate surface area is 121 Å². The van der Waals surface area contributed by atoms with Gasteiger partial charge in [-0.1, -0.05) is 19.1 Å². The fourth-order valence-corrected chi connectivity index (χ4v) is 2.32. The van der Waals surface area contributed by atoms with Crippen molar-refractivity contribution in [2.24, 2.45) is 0 Å². The molecule has 0 amide bonds. The molecule has 0 heterocycles. The summed E-state index contributed by atoms with van der Waals surface area (Å²) in [6, 6.07) is 5.43. The standard InChI is InChI=1S/C16H26FNO2/c1-6-18-13(11-16(2,3)20-5)10-12-8-7-9-14(19-4)15(12)17/h7-9,13,18H,6,10-11H2,1-5H3. The molecule has 0 saturated carbocycles. The molecule has 1 rings (SSSR count). The fourth-order valence-electron chi connectivity index (χ4n) is 2.32. The maximum Gasteiger partial charge on any atom is 0.168 e. The lowest BCUT2D eigenvalue weighted by molar-refractivity contribution is 0.00720. The topological polar surface area (TPSA) is 30.5 Å². The molecule has 0 radical (unpaired) electrons. The lowest BCUT2D eigenvalue weighted by atomic mass is 9.93. The molecule has 114 valence electrons. The van der Waals surface area contributed by atoms with Crippen LogP contribution in [0.4, 0.5) is 4.39 Å². The monoisotopic (exact) mass is 283 g/mol. The molecule has 0 aliphatic rings. The Balaban J connectivity index is 2.85. The van der Waals surface area contributed by atoms with Gasteiger partial charge in [0.15, 0.2) is 11.6 Å². The maximum atomic E-state index is 14.2. The number of halogens is 1. The first kappa shape index (κ1) is 16.9. The summed E-state index contributed by atoms with van der Waals surface area (Å²) < 4.78 is 24.7. The molecule has 0 saturated heterocycles. The Morgan fingerprint density at radius 3 is 2.55 bits per heavy atom. The first-order valence-electron chi connectivity index (χ1n) is 7.03. The van der Waals surface area contributed by atoms with E-state index in [0.717, 1.165) is 13.0 Å². The number of likely N-dealkylation sites (N-methyl/N-ethyl adjacent to an activating group) is 1. The van der Waals surface area contributed by atoms with E-state index in [2.05, 4.69) is 12.2 Å². The first-order valence-corrected chi connectivity index (χ1v) is 7.03. The van der Waals surface area contributed by atoms with E-state index in [9.17, 15) is 4.39 Å². The van der Waals surface area contributed by atoms with Gasteiger partial charge in [0.1, 0.15) is 0 Å². The maximum absolute atomic E-state index is 14.2.